The highest BCUT2D eigenvalue weighted by atomic mass is 35.5. The Morgan fingerprint density at radius 3 is 2.62 bits per heavy atom. The predicted molar refractivity (Wildman–Crippen MR) is 144 cm³/mol. The number of alkyl halides is 3. The Morgan fingerprint density at radius 1 is 1.15 bits per heavy atom. The van der Waals surface area contributed by atoms with E-state index in [1.165, 1.54) is 24.5 Å². The van der Waals surface area contributed by atoms with Gasteiger partial charge in [0.15, 0.2) is 17.1 Å². The number of aromatic nitrogens is 4. The highest BCUT2D eigenvalue weighted by Gasteiger charge is 2.36. The highest BCUT2D eigenvalue weighted by molar-refractivity contribution is 7.16. The van der Waals surface area contributed by atoms with Crippen molar-refractivity contribution < 1.29 is 27.4 Å². The van der Waals surface area contributed by atoms with Gasteiger partial charge in [0.05, 0.1) is 18.4 Å². The van der Waals surface area contributed by atoms with Crippen LogP contribution >= 0.6 is 22.9 Å². The molecule has 8 nitrogen and oxygen atoms in total. The van der Waals surface area contributed by atoms with Crippen LogP contribution in [0.2, 0.25) is 4.34 Å². The number of pyridine rings is 1. The summed E-state index contributed by atoms with van der Waals surface area (Å²) in [7, 11) is 1.34. The number of amides is 1. The van der Waals surface area contributed by atoms with E-state index in [1.54, 1.807) is 29.2 Å². The summed E-state index contributed by atoms with van der Waals surface area (Å²) in [6.07, 6.45) is 1.58. The molecule has 1 aromatic carbocycles. The van der Waals surface area contributed by atoms with E-state index in [1.807, 2.05) is 11.0 Å². The fraction of sp³-hybridized carbons (Fsp3) is 0.407. The number of carbonyl (C=O) groups excluding carboxylic acids is 1. The SMILES string of the molecule is COc1c(OC(F)(F)F)cc(-c2nc(C3CCN(C(=O)Cn4cnc5cccnc54)CC3)sc2Cl)cc1C1CC1. The van der Waals surface area contributed by atoms with E-state index in [4.69, 9.17) is 21.3 Å². The number of likely N-dealkylation sites (tertiary alicyclic amines) is 1. The van der Waals surface area contributed by atoms with Crippen LogP contribution in [-0.2, 0) is 11.3 Å². The van der Waals surface area contributed by atoms with Gasteiger partial charge < -0.3 is 18.9 Å². The van der Waals surface area contributed by atoms with Crippen LogP contribution < -0.4 is 9.47 Å². The lowest BCUT2D eigenvalue weighted by atomic mass is 9.97. The Labute approximate surface area is 236 Å². The first kappa shape index (κ1) is 26.8. The largest absolute Gasteiger partial charge is 0.573 e. The molecule has 0 atom stereocenters. The summed E-state index contributed by atoms with van der Waals surface area (Å²) in [4.78, 5) is 28.2. The molecule has 4 aromatic rings. The zero-order valence-electron chi connectivity index (χ0n) is 21.4. The van der Waals surface area contributed by atoms with Crippen LogP contribution in [0.5, 0.6) is 11.5 Å². The summed E-state index contributed by atoms with van der Waals surface area (Å²) >= 11 is 7.92. The molecule has 6 rings (SSSR count). The lowest BCUT2D eigenvalue weighted by molar-refractivity contribution is -0.275. The number of piperidine rings is 1. The van der Waals surface area contributed by atoms with Gasteiger partial charge in [-0.05, 0) is 55.9 Å². The number of methoxy groups -OCH3 is 1. The number of hydrogen-bond donors (Lipinski definition) is 0. The number of carbonyl (C=O) groups is 1. The van der Waals surface area contributed by atoms with Gasteiger partial charge in [-0.3, -0.25) is 4.79 Å². The minimum Gasteiger partial charge on any atom is -0.493 e. The van der Waals surface area contributed by atoms with Gasteiger partial charge in [0, 0.05) is 36.3 Å². The molecule has 1 saturated carbocycles. The second-order valence-electron chi connectivity index (χ2n) is 9.97. The molecule has 1 aliphatic carbocycles. The van der Waals surface area contributed by atoms with E-state index < -0.39 is 12.1 Å². The Bertz CT molecular complexity index is 1560. The molecule has 1 aliphatic heterocycles. The maximum atomic E-state index is 13.2. The third-order valence-corrected chi connectivity index (χ3v) is 8.70. The molecular formula is C27H25ClF3N5O3S. The van der Waals surface area contributed by atoms with Crippen molar-refractivity contribution in [1.29, 1.82) is 0 Å². The molecular weight excluding hydrogens is 567 g/mol. The third kappa shape index (κ3) is 5.46. The Balaban J connectivity index is 1.18. The molecule has 0 N–H and O–H groups in total. The summed E-state index contributed by atoms with van der Waals surface area (Å²) in [5.74, 6) is -0.118. The maximum Gasteiger partial charge on any atom is 0.573 e. The van der Waals surface area contributed by atoms with Crippen molar-refractivity contribution in [2.45, 2.75) is 50.4 Å². The summed E-state index contributed by atoms with van der Waals surface area (Å²) in [5, 5.41) is 0.805. The van der Waals surface area contributed by atoms with Gasteiger partial charge in [-0.15, -0.1) is 24.5 Å². The Kier molecular flexibility index (Phi) is 7.07. The van der Waals surface area contributed by atoms with Crippen molar-refractivity contribution in [3.05, 3.63) is 51.7 Å². The standard InChI is InChI=1S/C27H25ClF3N5O3S/c1-38-23-18(15-4-5-15)11-17(12-20(23)39-27(29,30)31)22-24(28)40-26(34-22)16-6-9-35(10-7-16)21(37)13-36-14-33-19-3-2-8-32-25(19)36/h2-3,8,11-12,14-16H,4-7,9-10,13H2,1H3. The molecule has 13 heteroatoms. The van der Waals surface area contributed by atoms with E-state index in [-0.39, 0.29) is 30.0 Å². The highest BCUT2D eigenvalue weighted by Crippen LogP contribution is 2.51. The average Bonchev–Trinajstić information content (AvgIpc) is 3.59. The number of ether oxygens (including phenoxy) is 2. The molecule has 1 amide bonds. The molecule has 1 saturated heterocycles. The van der Waals surface area contributed by atoms with Crippen LogP contribution in [0.25, 0.3) is 22.4 Å². The molecule has 2 fully saturated rings. The Morgan fingerprint density at radius 2 is 1.93 bits per heavy atom. The zero-order valence-corrected chi connectivity index (χ0v) is 23.0. The predicted octanol–water partition coefficient (Wildman–Crippen LogP) is 6.40. The lowest BCUT2D eigenvalue weighted by Gasteiger charge is -2.31. The molecule has 3 aromatic heterocycles. The minimum absolute atomic E-state index is 0.00991. The number of rotatable bonds is 7. The minimum atomic E-state index is -4.86. The second kappa shape index (κ2) is 10.5. The van der Waals surface area contributed by atoms with Gasteiger partial charge in [-0.2, -0.15) is 0 Å². The van der Waals surface area contributed by atoms with Crippen LogP contribution in [-0.4, -0.2) is 56.9 Å². The summed E-state index contributed by atoms with van der Waals surface area (Å²) < 4.78 is 51.3. The monoisotopic (exact) mass is 591 g/mol. The van der Waals surface area contributed by atoms with Crippen molar-refractivity contribution in [1.82, 2.24) is 24.4 Å². The van der Waals surface area contributed by atoms with Crippen LogP contribution in [0.4, 0.5) is 13.2 Å². The number of benzene rings is 1. The first-order chi connectivity index (χ1) is 19.2. The molecule has 0 unspecified atom stereocenters. The van der Waals surface area contributed by atoms with Crippen LogP contribution in [0.15, 0.2) is 36.8 Å². The fourth-order valence-corrected chi connectivity index (χ4v) is 6.55. The second-order valence-corrected chi connectivity index (χ2v) is 11.6. The van der Waals surface area contributed by atoms with Gasteiger partial charge in [0.1, 0.15) is 22.1 Å². The van der Waals surface area contributed by atoms with Crippen LogP contribution in [0.3, 0.4) is 0 Å². The number of nitrogens with zero attached hydrogens (tertiary/aromatic N) is 5. The molecule has 0 spiro atoms. The van der Waals surface area contributed by atoms with E-state index in [0.717, 1.165) is 23.4 Å². The first-order valence-corrected chi connectivity index (χ1v) is 14.1. The van der Waals surface area contributed by atoms with Gasteiger partial charge in [0.2, 0.25) is 5.91 Å². The topological polar surface area (TPSA) is 82.4 Å². The fourth-order valence-electron chi connectivity index (χ4n) is 5.18. The van der Waals surface area contributed by atoms with Crippen LogP contribution in [0, 0.1) is 0 Å². The number of imidazole rings is 1. The van der Waals surface area contributed by atoms with Crippen molar-refractivity contribution in [2.24, 2.45) is 0 Å². The Hall–Kier alpha value is -3.38. The molecule has 40 heavy (non-hydrogen) atoms. The number of fused-ring (bicyclic) bond motifs is 1. The van der Waals surface area contributed by atoms with E-state index in [0.29, 0.717) is 52.7 Å². The number of halogens is 4. The number of thiazole rings is 1. The molecule has 4 heterocycles. The lowest BCUT2D eigenvalue weighted by Crippen LogP contribution is -2.39. The normalized spacial score (nSPS) is 16.5. The third-order valence-electron chi connectivity index (χ3n) is 7.28. The van der Waals surface area contributed by atoms with Crippen molar-refractivity contribution in [2.75, 3.05) is 20.2 Å². The van der Waals surface area contributed by atoms with E-state index in [9.17, 15) is 18.0 Å². The molecule has 0 bridgehead atoms. The van der Waals surface area contributed by atoms with Gasteiger partial charge in [-0.1, -0.05) is 11.6 Å². The quantitative estimate of drug-likeness (QED) is 0.247. The van der Waals surface area contributed by atoms with Gasteiger partial charge >= 0.3 is 6.36 Å². The van der Waals surface area contributed by atoms with Crippen molar-refractivity contribution >= 4 is 40.0 Å². The summed E-state index contributed by atoms with van der Waals surface area (Å²) in [6, 6.07) is 6.75. The smallest absolute Gasteiger partial charge is 0.493 e. The van der Waals surface area contributed by atoms with E-state index >= 15 is 0 Å². The van der Waals surface area contributed by atoms with Gasteiger partial charge in [0.25, 0.3) is 0 Å². The van der Waals surface area contributed by atoms with Crippen molar-refractivity contribution in [3.63, 3.8) is 0 Å². The maximum absolute atomic E-state index is 13.2. The van der Waals surface area contributed by atoms with Gasteiger partial charge in [-0.25, -0.2) is 15.0 Å². The molecule has 0 radical (unpaired) electrons. The summed E-state index contributed by atoms with van der Waals surface area (Å²) in [6.45, 7) is 1.29. The molecule has 210 valence electrons. The summed E-state index contributed by atoms with van der Waals surface area (Å²) in [5.41, 5.74) is 2.96. The van der Waals surface area contributed by atoms with E-state index in [2.05, 4.69) is 14.7 Å². The number of hydrogen-bond acceptors (Lipinski definition) is 7. The zero-order chi connectivity index (χ0) is 28.0. The van der Waals surface area contributed by atoms with Crippen LogP contribution in [0.1, 0.15) is 48.1 Å². The molecule has 2 aliphatic rings. The van der Waals surface area contributed by atoms with Crippen molar-refractivity contribution in [3.8, 4) is 22.8 Å². The first-order valence-electron chi connectivity index (χ1n) is 12.9. The average molecular weight is 592 g/mol.